The highest BCUT2D eigenvalue weighted by atomic mass is 16.1. The van der Waals surface area contributed by atoms with E-state index in [0.717, 1.165) is 6.29 Å². The summed E-state index contributed by atoms with van der Waals surface area (Å²) in [4.78, 5) is 8.81. The number of hydrogen-bond donors (Lipinski definition) is 0. The predicted octanol–water partition coefficient (Wildman–Crippen LogP) is 3.77. The van der Waals surface area contributed by atoms with E-state index >= 15 is 0 Å². The minimum absolute atomic E-state index is 0.425. The van der Waals surface area contributed by atoms with Crippen LogP contribution in [0.1, 0.15) is 30.9 Å². The zero-order chi connectivity index (χ0) is 16.1. The highest BCUT2D eigenvalue weighted by Crippen LogP contribution is 2.23. The van der Waals surface area contributed by atoms with Crippen molar-refractivity contribution in [3.05, 3.63) is 70.6 Å². The third-order valence-electron chi connectivity index (χ3n) is 3.93. The van der Waals surface area contributed by atoms with Crippen molar-refractivity contribution >= 4 is 29.2 Å². The first-order valence-corrected chi connectivity index (χ1v) is 7.57. The molecule has 112 valence electrons. The molecule has 3 rings (SSSR count). The minimum Gasteiger partial charge on any atom is -0.304 e. The normalized spacial score (nSPS) is 16.3. The maximum Gasteiger partial charge on any atom is 0.116 e. The van der Waals surface area contributed by atoms with Crippen LogP contribution in [0, 0.1) is 6.92 Å². The summed E-state index contributed by atoms with van der Waals surface area (Å²) < 4.78 is 0. The molecule has 1 nitrogen and oxygen atoms in total. The molecule has 1 aliphatic carbocycles. The first kappa shape index (κ1) is 16.0. The molecule has 1 aliphatic rings. The van der Waals surface area contributed by atoms with Gasteiger partial charge in [0.25, 0.3) is 0 Å². The molecule has 0 amide bonds. The summed E-state index contributed by atoms with van der Waals surface area (Å²) in [6.07, 6.45) is 11.4. The van der Waals surface area contributed by atoms with Gasteiger partial charge in [-0.2, -0.15) is 0 Å². The van der Waals surface area contributed by atoms with Gasteiger partial charge >= 0.3 is 0 Å². The molecule has 0 fully saturated rings. The number of rotatable bonds is 1. The van der Waals surface area contributed by atoms with Crippen LogP contribution in [-0.2, 0) is 4.79 Å². The zero-order valence-electron chi connectivity index (χ0n) is 13.5. The predicted molar refractivity (Wildman–Crippen MR) is 96.4 cm³/mol. The number of aryl methyl sites for hydroxylation is 1. The lowest BCUT2D eigenvalue weighted by Crippen LogP contribution is -2.17. The van der Waals surface area contributed by atoms with Gasteiger partial charge in [0.1, 0.15) is 6.29 Å². The van der Waals surface area contributed by atoms with Gasteiger partial charge in [0, 0.05) is 5.92 Å². The number of allylic oxidation sites excluding steroid dienone is 3. The fraction of sp³-hybridized carbons (Fsp3) is 0.190. The fourth-order valence-corrected chi connectivity index (χ4v) is 2.99. The molecule has 1 unspecified atom stereocenters. The van der Waals surface area contributed by atoms with Crippen molar-refractivity contribution in [3.63, 3.8) is 0 Å². The van der Waals surface area contributed by atoms with E-state index in [1.807, 2.05) is 6.08 Å². The van der Waals surface area contributed by atoms with Gasteiger partial charge < -0.3 is 4.79 Å². The van der Waals surface area contributed by atoms with Crippen molar-refractivity contribution in [3.8, 4) is 0 Å². The van der Waals surface area contributed by atoms with Crippen molar-refractivity contribution < 1.29 is 4.79 Å². The van der Waals surface area contributed by atoms with Crippen LogP contribution in [0.2, 0.25) is 0 Å². The second kappa shape index (κ2) is 7.04. The third kappa shape index (κ3) is 2.94. The number of aldehydes is 1. The third-order valence-corrected chi connectivity index (χ3v) is 3.93. The van der Waals surface area contributed by atoms with E-state index in [0.29, 0.717) is 5.92 Å². The lowest BCUT2D eigenvalue weighted by molar-refractivity contribution is -0.106. The highest BCUT2D eigenvalue weighted by molar-refractivity contribution is 5.89. The number of benzene rings is 2. The van der Waals surface area contributed by atoms with Gasteiger partial charge in [0.15, 0.2) is 0 Å². The molecular formula is C21H22O. The number of carbonyl (C=O) groups is 1. The molecule has 0 radical (unpaired) electrons. The van der Waals surface area contributed by atoms with E-state index < -0.39 is 0 Å². The molecule has 1 heteroatoms. The second-order valence-electron chi connectivity index (χ2n) is 5.44. The van der Waals surface area contributed by atoms with Crippen molar-refractivity contribution in [2.24, 2.45) is 0 Å². The molecule has 2 aromatic rings. The van der Waals surface area contributed by atoms with Gasteiger partial charge in [0.05, 0.1) is 0 Å². The van der Waals surface area contributed by atoms with Gasteiger partial charge in [-0.15, -0.1) is 0 Å². The molecule has 2 aromatic carbocycles. The van der Waals surface area contributed by atoms with Crippen LogP contribution in [-0.4, -0.2) is 6.29 Å². The minimum atomic E-state index is 0.425. The summed E-state index contributed by atoms with van der Waals surface area (Å²) in [7, 11) is 0. The Kier molecular flexibility index (Phi) is 5.11. The summed E-state index contributed by atoms with van der Waals surface area (Å²) >= 11 is 0. The van der Waals surface area contributed by atoms with E-state index in [9.17, 15) is 0 Å². The van der Waals surface area contributed by atoms with Crippen molar-refractivity contribution in [2.75, 3.05) is 0 Å². The van der Waals surface area contributed by atoms with Gasteiger partial charge in [-0.05, 0) is 46.2 Å². The first-order valence-electron chi connectivity index (χ1n) is 7.57. The van der Waals surface area contributed by atoms with Crippen LogP contribution in [0.4, 0.5) is 0 Å². The van der Waals surface area contributed by atoms with Crippen LogP contribution in [0.15, 0.2) is 49.1 Å². The van der Waals surface area contributed by atoms with Crippen molar-refractivity contribution in [1.82, 2.24) is 0 Å². The lowest BCUT2D eigenvalue weighted by atomic mass is 9.91. The van der Waals surface area contributed by atoms with Crippen molar-refractivity contribution in [2.45, 2.75) is 26.7 Å². The molecule has 1 atom stereocenters. The van der Waals surface area contributed by atoms with Crippen molar-refractivity contribution in [1.29, 1.82) is 0 Å². The Labute approximate surface area is 132 Å². The van der Waals surface area contributed by atoms with Crippen LogP contribution in [0.3, 0.4) is 0 Å². The van der Waals surface area contributed by atoms with Gasteiger partial charge in [-0.1, -0.05) is 68.1 Å². The molecule has 0 bridgehead atoms. The molecule has 0 saturated heterocycles. The maximum absolute atomic E-state index is 8.81. The van der Waals surface area contributed by atoms with E-state index in [-0.39, 0.29) is 0 Å². The molecule has 0 spiro atoms. The standard InChI is InChI=1S/C19H18.C2H4O/c1-4-6-15-11-12-16-10-9-13(2)17-8-5-7-14(3)18(15)19(16)17;1-2-3/h4-12,14H,1H2,2-3H3;2H,1H3/b15-6-;. The Morgan fingerprint density at radius 1 is 1.18 bits per heavy atom. The quantitative estimate of drug-likeness (QED) is 0.731. The Morgan fingerprint density at radius 2 is 1.86 bits per heavy atom. The summed E-state index contributed by atoms with van der Waals surface area (Å²) in [5.74, 6) is 0.425. The summed E-state index contributed by atoms with van der Waals surface area (Å²) in [5.41, 5.74) is 2.75. The fourth-order valence-electron chi connectivity index (χ4n) is 2.99. The van der Waals surface area contributed by atoms with E-state index in [1.165, 1.54) is 39.3 Å². The number of carbonyl (C=O) groups excluding carboxylic acids is 1. The van der Waals surface area contributed by atoms with Crippen LogP contribution >= 0.6 is 0 Å². The summed E-state index contributed by atoms with van der Waals surface area (Å²) in [6, 6.07) is 8.84. The van der Waals surface area contributed by atoms with E-state index in [4.69, 9.17) is 4.79 Å². The highest BCUT2D eigenvalue weighted by Gasteiger charge is 2.12. The van der Waals surface area contributed by atoms with Crippen LogP contribution in [0.25, 0.3) is 22.9 Å². The Balaban J connectivity index is 0.000000545. The average Bonchev–Trinajstić information content (AvgIpc) is 2.67. The van der Waals surface area contributed by atoms with E-state index in [2.05, 4.69) is 69.0 Å². The van der Waals surface area contributed by atoms with Gasteiger partial charge in [-0.3, -0.25) is 0 Å². The maximum atomic E-state index is 8.81. The van der Waals surface area contributed by atoms with E-state index in [1.54, 1.807) is 0 Å². The molecule has 0 N–H and O–H groups in total. The molecule has 22 heavy (non-hydrogen) atoms. The molecule has 0 aromatic heterocycles. The second-order valence-corrected chi connectivity index (χ2v) is 5.44. The molecule has 0 saturated carbocycles. The Morgan fingerprint density at radius 3 is 2.55 bits per heavy atom. The molecule has 0 aliphatic heterocycles. The first-order chi connectivity index (χ1) is 10.6. The SMILES string of the molecule is C=C/C=c1/ccc2ccc(C)c3c2c1C(C)C=CC=3.CC=O. The topological polar surface area (TPSA) is 17.1 Å². The summed E-state index contributed by atoms with van der Waals surface area (Å²) in [5, 5.41) is 5.35. The molecule has 0 heterocycles. The Hall–Kier alpha value is -2.41. The van der Waals surface area contributed by atoms with Gasteiger partial charge in [0.2, 0.25) is 0 Å². The van der Waals surface area contributed by atoms with Crippen LogP contribution in [0.5, 0.6) is 0 Å². The zero-order valence-corrected chi connectivity index (χ0v) is 13.5. The molecular weight excluding hydrogens is 268 g/mol. The monoisotopic (exact) mass is 290 g/mol. The summed E-state index contributed by atoms with van der Waals surface area (Å²) in [6.45, 7) is 9.73. The lowest BCUT2D eigenvalue weighted by Gasteiger charge is -2.13. The van der Waals surface area contributed by atoms with Crippen LogP contribution < -0.4 is 10.4 Å². The van der Waals surface area contributed by atoms with Gasteiger partial charge in [-0.25, -0.2) is 0 Å². The number of hydrogen-bond acceptors (Lipinski definition) is 1. The Bertz CT molecular complexity index is 854. The largest absolute Gasteiger partial charge is 0.304 e. The average molecular weight is 290 g/mol. The smallest absolute Gasteiger partial charge is 0.116 e.